The van der Waals surface area contributed by atoms with Crippen molar-refractivity contribution in [1.82, 2.24) is 25.3 Å². The Labute approximate surface area is 232 Å². The zero-order chi connectivity index (χ0) is 27.5. The summed E-state index contributed by atoms with van der Waals surface area (Å²) >= 11 is 1.35. The van der Waals surface area contributed by atoms with Crippen molar-refractivity contribution in [2.45, 2.75) is 44.8 Å². The van der Waals surface area contributed by atoms with Crippen LogP contribution in [0.15, 0.2) is 42.5 Å². The van der Waals surface area contributed by atoms with Crippen LogP contribution in [-0.2, 0) is 9.59 Å². The quantitative estimate of drug-likeness (QED) is 0.569. The van der Waals surface area contributed by atoms with Gasteiger partial charge in [-0.3, -0.25) is 9.59 Å². The molecule has 39 heavy (non-hydrogen) atoms. The van der Waals surface area contributed by atoms with Crippen LogP contribution in [0.2, 0.25) is 0 Å². The lowest BCUT2D eigenvalue weighted by Gasteiger charge is -2.33. The van der Waals surface area contributed by atoms with Gasteiger partial charge in [0.05, 0.1) is 12.6 Å². The van der Waals surface area contributed by atoms with Gasteiger partial charge in [0.25, 0.3) is 0 Å². The number of hydrogen-bond donors (Lipinski definition) is 2. The minimum absolute atomic E-state index is 0.00825. The van der Waals surface area contributed by atoms with E-state index in [1.54, 1.807) is 20.8 Å². The SMILES string of the molecule is CC(C)CC(NC(=O)Oc1ccc(-c2ccccc2)s1)C(=O)N1CCC2C1C(=O)CN2C(=O)N1CCNCC1. The van der Waals surface area contributed by atoms with Gasteiger partial charge in [-0.1, -0.05) is 55.5 Å². The molecule has 0 radical (unpaired) electrons. The van der Waals surface area contributed by atoms with E-state index in [0.29, 0.717) is 37.5 Å². The molecule has 0 aliphatic carbocycles. The number of carbonyl (C=O) groups is 4. The lowest BCUT2D eigenvalue weighted by Crippen LogP contribution is -2.54. The number of ketones is 1. The van der Waals surface area contributed by atoms with Gasteiger partial charge in [0, 0.05) is 37.6 Å². The Bertz CT molecular complexity index is 1210. The molecule has 3 atom stereocenters. The Kier molecular flexibility index (Phi) is 8.18. The number of nitrogens with zero attached hydrogens (tertiary/aromatic N) is 3. The molecule has 3 aliphatic rings. The third-order valence-corrected chi connectivity index (χ3v) is 8.48. The fourth-order valence-corrected chi connectivity index (χ4v) is 6.51. The molecule has 208 valence electrons. The molecule has 3 saturated heterocycles. The van der Waals surface area contributed by atoms with Gasteiger partial charge in [0.1, 0.15) is 12.1 Å². The van der Waals surface area contributed by atoms with Gasteiger partial charge >= 0.3 is 12.1 Å². The Morgan fingerprint density at radius 2 is 1.79 bits per heavy atom. The zero-order valence-electron chi connectivity index (χ0n) is 22.3. The van der Waals surface area contributed by atoms with Gasteiger partial charge in [0.2, 0.25) is 5.91 Å². The average molecular weight is 554 g/mol. The Balaban J connectivity index is 1.24. The largest absolute Gasteiger partial charge is 0.414 e. The second-order valence-electron chi connectivity index (χ2n) is 10.6. The molecule has 1 aromatic heterocycles. The van der Waals surface area contributed by atoms with Crippen molar-refractivity contribution in [3.63, 3.8) is 0 Å². The van der Waals surface area contributed by atoms with Crippen molar-refractivity contribution in [3.05, 3.63) is 42.5 Å². The highest BCUT2D eigenvalue weighted by atomic mass is 32.1. The number of fused-ring (bicyclic) bond motifs is 1. The minimum Gasteiger partial charge on any atom is -0.399 e. The summed E-state index contributed by atoms with van der Waals surface area (Å²) in [6, 6.07) is 11.4. The van der Waals surface area contributed by atoms with Gasteiger partial charge in [-0.2, -0.15) is 0 Å². The molecule has 3 aliphatic heterocycles. The first-order chi connectivity index (χ1) is 18.8. The highest BCUT2D eigenvalue weighted by Gasteiger charge is 2.53. The van der Waals surface area contributed by atoms with Crippen LogP contribution in [0.4, 0.5) is 9.59 Å². The number of rotatable bonds is 6. The van der Waals surface area contributed by atoms with Crippen LogP contribution in [0, 0.1) is 5.92 Å². The van der Waals surface area contributed by atoms with Crippen molar-refractivity contribution in [2.24, 2.45) is 5.92 Å². The number of nitrogens with one attached hydrogen (secondary N) is 2. The van der Waals surface area contributed by atoms with Crippen LogP contribution in [0.3, 0.4) is 0 Å². The Hall–Kier alpha value is -3.44. The van der Waals surface area contributed by atoms with Crippen LogP contribution in [0.1, 0.15) is 26.7 Å². The van der Waals surface area contributed by atoms with Crippen LogP contribution < -0.4 is 15.4 Å². The Morgan fingerprint density at radius 3 is 2.51 bits per heavy atom. The number of amides is 4. The number of likely N-dealkylation sites (tertiary alicyclic amines) is 2. The summed E-state index contributed by atoms with van der Waals surface area (Å²) in [6.07, 6.45) is 0.231. The minimum atomic E-state index is -0.837. The first kappa shape index (κ1) is 27.1. The smallest absolute Gasteiger partial charge is 0.399 e. The Morgan fingerprint density at radius 1 is 1.05 bits per heavy atom. The van der Waals surface area contributed by atoms with Crippen molar-refractivity contribution >= 4 is 35.2 Å². The molecular formula is C28H35N5O5S. The molecule has 3 unspecified atom stereocenters. The summed E-state index contributed by atoms with van der Waals surface area (Å²) in [5, 5.41) is 6.41. The predicted molar refractivity (Wildman–Crippen MR) is 148 cm³/mol. The van der Waals surface area contributed by atoms with Crippen LogP contribution in [0.25, 0.3) is 10.4 Å². The number of carbonyl (C=O) groups excluding carboxylic acids is 4. The van der Waals surface area contributed by atoms with E-state index < -0.39 is 18.2 Å². The average Bonchev–Trinajstić information content (AvgIpc) is 3.66. The highest BCUT2D eigenvalue weighted by Crippen LogP contribution is 2.34. The number of urea groups is 1. The molecule has 4 amide bonds. The van der Waals surface area contributed by atoms with E-state index in [-0.39, 0.29) is 36.2 Å². The van der Waals surface area contributed by atoms with Crippen molar-refractivity contribution < 1.29 is 23.9 Å². The maximum Gasteiger partial charge on any atom is 0.414 e. The molecule has 4 heterocycles. The molecule has 1 aromatic carbocycles. The van der Waals surface area contributed by atoms with E-state index in [1.165, 1.54) is 11.3 Å². The third-order valence-electron chi connectivity index (χ3n) is 7.47. The van der Waals surface area contributed by atoms with Gasteiger partial charge < -0.3 is 30.1 Å². The molecule has 2 aromatic rings. The second-order valence-corrected chi connectivity index (χ2v) is 11.7. The number of hydrogen-bond acceptors (Lipinski definition) is 7. The summed E-state index contributed by atoms with van der Waals surface area (Å²) in [5.41, 5.74) is 1.03. The molecule has 10 nitrogen and oxygen atoms in total. The molecular weight excluding hydrogens is 518 g/mol. The zero-order valence-corrected chi connectivity index (χ0v) is 23.1. The van der Waals surface area contributed by atoms with Gasteiger partial charge in [-0.05, 0) is 36.5 Å². The fourth-order valence-electron chi connectivity index (χ4n) is 5.65. The molecule has 11 heteroatoms. The van der Waals surface area contributed by atoms with E-state index in [9.17, 15) is 19.2 Å². The third kappa shape index (κ3) is 5.94. The molecule has 3 fully saturated rings. The summed E-state index contributed by atoms with van der Waals surface area (Å²) in [5.74, 6) is -0.324. The molecule has 2 N–H and O–H groups in total. The number of ether oxygens (including phenoxy) is 1. The first-order valence-corrected chi connectivity index (χ1v) is 14.4. The maximum absolute atomic E-state index is 13.7. The molecule has 0 spiro atoms. The van der Waals surface area contributed by atoms with E-state index in [1.807, 2.05) is 50.2 Å². The predicted octanol–water partition coefficient (Wildman–Crippen LogP) is 2.80. The van der Waals surface area contributed by atoms with Gasteiger partial charge in [0.15, 0.2) is 10.8 Å². The van der Waals surface area contributed by atoms with Gasteiger partial charge in [-0.15, -0.1) is 0 Å². The normalized spacial score (nSPS) is 21.7. The first-order valence-electron chi connectivity index (χ1n) is 13.5. The van der Waals surface area contributed by atoms with Crippen molar-refractivity contribution in [1.29, 1.82) is 0 Å². The van der Waals surface area contributed by atoms with Crippen LogP contribution in [-0.4, -0.2) is 95.9 Å². The fraction of sp³-hybridized carbons (Fsp3) is 0.500. The number of piperazine rings is 1. The summed E-state index contributed by atoms with van der Waals surface area (Å²) in [7, 11) is 0. The van der Waals surface area contributed by atoms with Crippen LogP contribution >= 0.6 is 11.3 Å². The summed E-state index contributed by atoms with van der Waals surface area (Å²) in [6.45, 7) is 6.97. The van der Waals surface area contributed by atoms with Crippen molar-refractivity contribution in [3.8, 4) is 15.5 Å². The van der Waals surface area contributed by atoms with Gasteiger partial charge in [-0.25, -0.2) is 9.59 Å². The topological polar surface area (TPSA) is 111 Å². The van der Waals surface area contributed by atoms with Crippen LogP contribution in [0.5, 0.6) is 5.06 Å². The molecule has 5 rings (SSSR count). The lowest BCUT2D eigenvalue weighted by atomic mass is 10.0. The number of thiophene rings is 1. The standard InChI is InChI=1S/C28H35N5O5S/c1-18(2)16-20(30-27(36)38-24-9-8-23(39-24)19-6-4-3-5-7-19)26(35)32-13-10-21-25(32)22(34)17-33(21)28(37)31-14-11-29-12-15-31/h3-9,18,20-21,25,29H,10-17H2,1-2H3,(H,30,36). The lowest BCUT2D eigenvalue weighted by molar-refractivity contribution is -0.138. The number of benzene rings is 1. The highest BCUT2D eigenvalue weighted by molar-refractivity contribution is 7.17. The van der Waals surface area contributed by atoms with E-state index >= 15 is 0 Å². The van der Waals surface area contributed by atoms with Crippen molar-refractivity contribution in [2.75, 3.05) is 39.3 Å². The molecule has 0 saturated carbocycles. The maximum atomic E-state index is 13.7. The van der Waals surface area contributed by atoms with E-state index in [2.05, 4.69) is 10.6 Å². The van der Waals surface area contributed by atoms with E-state index in [0.717, 1.165) is 23.5 Å². The van der Waals surface area contributed by atoms with E-state index in [4.69, 9.17) is 4.74 Å². The number of Topliss-reactive ketones (excluding diaryl/α,β-unsaturated/α-hetero) is 1. The molecule has 0 bridgehead atoms. The summed E-state index contributed by atoms with van der Waals surface area (Å²) in [4.78, 5) is 58.7. The monoisotopic (exact) mass is 553 g/mol. The summed E-state index contributed by atoms with van der Waals surface area (Å²) < 4.78 is 5.53. The second kappa shape index (κ2) is 11.7.